The summed E-state index contributed by atoms with van der Waals surface area (Å²) in [7, 11) is 0. The summed E-state index contributed by atoms with van der Waals surface area (Å²) in [5, 5.41) is 0.440. The minimum atomic E-state index is -0.199. The SMILES string of the molecule is CCc1ccc(C(Cl)Cc2ccncc2Cl)o1. The van der Waals surface area contributed by atoms with Gasteiger partial charge in [-0.05, 0) is 30.2 Å². The first-order valence-corrected chi connectivity index (χ1v) is 6.33. The molecule has 0 amide bonds. The number of rotatable bonds is 4. The molecule has 0 fully saturated rings. The monoisotopic (exact) mass is 269 g/mol. The molecule has 4 heteroatoms. The molecule has 17 heavy (non-hydrogen) atoms. The van der Waals surface area contributed by atoms with E-state index in [1.54, 1.807) is 12.4 Å². The van der Waals surface area contributed by atoms with E-state index in [-0.39, 0.29) is 5.38 Å². The lowest BCUT2D eigenvalue weighted by molar-refractivity contribution is 0.464. The van der Waals surface area contributed by atoms with Crippen LogP contribution in [0.3, 0.4) is 0 Å². The normalized spacial score (nSPS) is 12.6. The Morgan fingerprint density at radius 3 is 2.82 bits per heavy atom. The highest BCUT2D eigenvalue weighted by molar-refractivity contribution is 6.31. The number of alkyl halides is 1. The molecular formula is C13H13Cl2NO. The lowest BCUT2D eigenvalue weighted by Crippen LogP contribution is -1.95. The zero-order valence-corrected chi connectivity index (χ0v) is 11.0. The van der Waals surface area contributed by atoms with Crippen LogP contribution < -0.4 is 0 Å². The van der Waals surface area contributed by atoms with Gasteiger partial charge >= 0.3 is 0 Å². The maximum absolute atomic E-state index is 6.31. The third kappa shape index (κ3) is 3.02. The summed E-state index contributed by atoms with van der Waals surface area (Å²) in [6.07, 6.45) is 4.85. The van der Waals surface area contributed by atoms with Crippen LogP contribution in [0, 0.1) is 0 Å². The number of aryl methyl sites for hydroxylation is 1. The molecule has 0 radical (unpaired) electrons. The summed E-state index contributed by atoms with van der Waals surface area (Å²) in [6.45, 7) is 2.05. The highest BCUT2D eigenvalue weighted by atomic mass is 35.5. The first-order valence-electron chi connectivity index (χ1n) is 5.51. The summed E-state index contributed by atoms with van der Waals surface area (Å²) in [6, 6.07) is 5.76. The van der Waals surface area contributed by atoms with Gasteiger partial charge in [-0.15, -0.1) is 11.6 Å². The summed E-state index contributed by atoms with van der Waals surface area (Å²) >= 11 is 12.3. The van der Waals surface area contributed by atoms with Gasteiger partial charge in [0.25, 0.3) is 0 Å². The number of halogens is 2. The smallest absolute Gasteiger partial charge is 0.122 e. The number of pyridine rings is 1. The van der Waals surface area contributed by atoms with Gasteiger partial charge in [-0.3, -0.25) is 4.98 Å². The molecule has 2 heterocycles. The van der Waals surface area contributed by atoms with Crippen molar-refractivity contribution < 1.29 is 4.42 Å². The van der Waals surface area contributed by atoms with Gasteiger partial charge in [-0.2, -0.15) is 0 Å². The number of aromatic nitrogens is 1. The average Bonchev–Trinajstić information content (AvgIpc) is 2.81. The van der Waals surface area contributed by atoms with Crippen LogP contribution in [0.4, 0.5) is 0 Å². The van der Waals surface area contributed by atoms with E-state index < -0.39 is 0 Å². The van der Waals surface area contributed by atoms with Gasteiger partial charge in [0.15, 0.2) is 0 Å². The summed E-state index contributed by atoms with van der Waals surface area (Å²) in [4.78, 5) is 3.94. The Morgan fingerprint density at radius 2 is 2.18 bits per heavy atom. The topological polar surface area (TPSA) is 26.0 Å². The highest BCUT2D eigenvalue weighted by Crippen LogP contribution is 2.29. The van der Waals surface area contributed by atoms with E-state index in [0.29, 0.717) is 11.4 Å². The molecule has 90 valence electrons. The van der Waals surface area contributed by atoms with Crippen molar-refractivity contribution in [2.75, 3.05) is 0 Å². The maximum Gasteiger partial charge on any atom is 0.122 e. The summed E-state index contributed by atoms with van der Waals surface area (Å²) in [5.74, 6) is 1.74. The molecule has 2 nitrogen and oxygen atoms in total. The molecule has 2 aromatic heterocycles. The van der Waals surface area contributed by atoms with Gasteiger partial charge in [0.1, 0.15) is 11.5 Å². The Labute approximate surface area is 111 Å². The van der Waals surface area contributed by atoms with E-state index in [4.69, 9.17) is 27.6 Å². The van der Waals surface area contributed by atoms with Crippen molar-refractivity contribution in [2.45, 2.75) is 25.1 Å². The van der Waals surface area contributed by atoms with Crippen LogP contribution in [0.15, 0.2) is 35.0 Å². The molecule has 0 saturated carbocycles. The Kier molecular flexibility index (Phi) is 4.08. The minimum absolute atomic E-state index is 0.199. The highest BCUT2D eigenvalue weighted by Gasteiger charge is 2.14. The van der Waals surface area contributed by atoms with Crippen molar-refractivity contribution in [1.29, 1.82) is 0 Å². The van der Waals surface area contributed by atoms with Crippen LogP contribution in [0.2, 0.25) is 5.02 Å². The molecule has 1 unspecified atom stereocenters. The van der Waals surface area contributed by atoms with Crippen molar-refractivity contribution in [3.05, 3.63) is 52.7 Å². The Bertz CT molecular complexity index is 496. The molecule has 0 aliphatic heterocycles. The molecule has 0 aliphatic carbocycles. The number of furan rings is 1. The van der Waals surface area contributed by atoms with Gasteiger partial charge in [-0.25, -0.2) is 0 Å². The van der Waals surface area contributed by atoms with Crippen molar-refractivity contribution in [2.24, 2.45) is 0 Å². The second-order valence-electron chi connectivity index (χ2n) is 3.80. The van der Waals surface area contributed by atoms with Gasteiger partial charge in [-0.1, -0.05) is 18.5 Å². The fraction of sp³-hybridized carbons (Fsp3) is 0.308. The number of hydrogen-bond acceptors (Lipinski definition) is 2. The molecule has 0 aliphatic rings. The van der Waals surface area contributed by atoms with Crippen LogP contribution >= 0.6 is 23.2 Å². The van der Waals surface area contributed by atoms with Crippen molar-refractivity contribution in [1.82, 2.24) is 4.98 Å². The first kappa shape index (κ1) is 12.5. The van der Waals surface area contributed by atoms with E-state index in [9.17, 15) is 0 Å². The van der Waals surface area contributed by atoms with E-state index in [0.717, 1.165) is 23.5 Å². The van der Waals surface area contributed by atoms with Crippen LogP contribution in [-0.2, 0) is 12.8 Å². The maximum atomic E-state index is 6.31. The molecular weight excluding hydrogens is 257 g/mol. The standard InChI is InChI=1S/C13H13Cl2NO/c1-2-10-3-4-13(17-10)11(14)7-9-5-6-16-8-12(9)15/h3-6,8,11H,2,7H2,1H3. The lowest BCUT2D eigenvalue weighted by Gasteiger charge is -2.07. The quantitative estimate of drug-likeness (QED) is 0.769. The third-order valence-electron chi connectivity index (χ3n) is 2.60. The fourth-order valence-electron chi connectivity index (χ4n) is 1.62. The average molecular weight is 270 g/mol. The molecule has 2 aromatic rings. The zero-order valence-electron chi connectivity index (χ0n) is 9.49. The molecule has 0 aromatic carbocycles. The lowest BCUT2D eigenvalue weighted by atomic mass is 10.1. The van der Waals surface area contributed by atoms with Crippen LogP contribution in [-0.4, -0.2) is 4.98 Å². The largest absolute Gasteiger partial charge is 0.465 e. The van der Waals surface area contributed by atoms with E-state index >= 15 is 0 Å². The van der Waals surface area contributed by atoms with Crippen molar-refractivity contribution >= 4 is 23.2 Å². The van der Waals surface area contributed by atoms with Crippen LogP contribution in [0.5, 0.6) is 0 Å². The predicted octanol–water partition coefficient (Wildman–Crippen LogP) is 4.41. The molecule has 0 saturated heterocycles. The minimum Gasteiger partial charge on any atom is -0.465 e. The van der Waals surface area contributed by atoms with Gasteiger partial charge < -0.3 is 4.42 Å². The van der Waals surface area contributed by atoms with E-state index in [1.807, 2.05) is 25.1 Å². The summed E-state index contributed by atoms with van der Waals surface area (Å²) in [5.41, 5.74) is 0.983. The second-order valence-corrected chi connectivity index (χ2v) is 4.73. The molecule has 0 spiro atoms. The zero-order chi connectivity index (χ0) is 12.3. The molecule has 0 N–H and O–H groups in total. The van der Waals surface area contributed by atoms with Gasteiger partial charge in [0.05, 0.1) is 10.4 Å². The first-order chi connectivity index (χ1) is 8.20. The number of nitrogens with zero attached hydrogens (tertiary/aromatic N) is 1. The Hall–Kier alpha value is -0.990. The van der Waals surface area contributed by atoms with Crippen LogP contribution in [0.1, 0.15) is 29.4 Å². The predicted molar refractivity (Wildman–Crippen MR) is 69.6 cm³/mol. The van der Waals surface area contributed by atoms with Crippen molar-refractivity contribution in [3.63, 3.8) is 0 Å². The van der Waals surface area contributed by atoms with Gasteiger partial charge in [0, 0.05) is 18.8 Å². The molecule has 2 rings (SSSR count). The Balaban J connectivity index is 2.11. The molecule has 1 atom stereocenters. The number of hydrogen-bond donors (Lipinski definition) is 0. The van der Waals surface area contributed by atoms with Crippen molar-refractivity contribution in [3.8, 4) is 0 Å². The fourth-order valence-corrected chi connectivity index (χ4v) is 2.10. The van der Waals surface area contributed by atoms with Crippen LogP contribution in [0.25, 0.3) is 0 Å². The molecule has 0 bridgehead atoms. The van der Waals surface area contributed by atoms with Gasteiger partial charge in [0.2, 0.25) is 0 Å². The van der Waals surface area contributed by atoms with E-state index in [1.165, 1.54) is 0 Å². The van der Waals surface area contributed by atoms with E-state index in [2.05, 4.69) is 4.98 Å². The third-order valence-corrected chi connectivity index (χ3v) is 3.30. The Morgan fingerprint density at radius 1 is 1.35 bits per heavy atom. The summed E-state index contributed by atoms with van der Waals surface area (Å²) < 4.78 is 5.62. The second kappa shape index (κ2) is 5.56.